The van der Waals surface area contributed by atoms with Crippen molar-refractivity contribution in [3.05, 3.63) is 0 Å². The highest BCUT2D eigenvalue weighted by Crippen LogP contribution is 2.27. The van der Waals surface area contributed by atoms with Crippen LogP contribution < -0.4 is 0 Å². The first kappa shape index (κ1) is 14.6. The van der Waals surface area contributed by atoms with Crippen LogP contribution in [-0.4, -0.2) is 26.2 Å². The molecule has 4 nitrogen and oxygen atoms in total. The zero-order valence-corrected chi connectivity index (χ0v) is 9.95. The molecule has 0 aromatic carbocycles. The quantitative estimate of drug-likeness (QED) is 0.575. The summed E-state index contributed by atoms with van der Waals surface area (Å²) in [6.45, 7) is 2.77. The summed E-state index contributed by atoms with van der Waals surface area (Å²) >= 11 is 0. The fourth-order valence-electron chi connectivity index (χ4n) is 0.436. The van der Waals surface area contributed by atoms with E-state index >= 15 is 0 Å². The van der Waals surface area contributed by atoms with Crippen LogP contribution in [0.3, 0.4) is 0 Å². The van der Waals surface area contributed by atoms with E-state index in [4.69, 9.17) is 0 Å². The first-order chi connectivity index (χ1) is 6.38. The highest BCUT2D eigenvalue weighted by Gasteiger charge is 2.46. The van der Waals surface area contributed by atoms with Crippen molar-refractivity contribution in [2.24, 2.45) is 5.41 Å². The van der Waals surface area contributed by atoms with Crippen LogP contribution in [0.2, 0.25) is 0 Å². The Balaban J connectivity index is 4.49. The molecule has 0 amide bonds. The van der Waals surface area contributed by atoms with Crippen LogP contribution in [0, 0.1) is 5.41 Å². The molecule has 0 N–H and O–H groups in total. The molecule has 0 aromatic rings. The molecule has 0 aliphatic carbocycles. The smallest absolute Gasteiger partial charge is 0.392 e. The Morgan fingerprint density at radius 2 is 1.73 bits per heavy atom. The second kappa shape index (κ2) is 4.21. The number of carbonyl (C=O) groups excluding carboxylic acids is 1. The maximum Gasteiger partial charge on any atom is 0.392 e. The zero-order valence-electron chi connectivity index (χ0n) is 8.38. The van der Waals surface area contributed by atoms with Crippen molar-refractivity contribution in [1.29, 1.82) is 0 Å². The first-order valence-corrected chi connectivity index (χ1v) is 6.18. The third-order valence-electron chi connectivity index (χ3n) is 1.34. The summed E-state index contributed by atoms with van der Waals surface area (Å²) in [5, 5.41) is -4.27. The van der Waals surface area contributed by atoms with Gasteiger partial charge in [0, 0.05) is 10.7 Å². The van der Waals surface area contributed by atoms with Gasteiger partial charge in [-0.3, -0.25) is 4.79 Å². The Morgan fingerprint density at radius 3 is 2.00 bits per heavy atom. The number of rotatable bonds is 3. The van der Waals surface area contributed by atoms with Gasteiger partial charge in [0.05, 0.1) is 5.41 Å². The van der Waals surface area contributed by atoms with Gasteiger partial charge in [-0.15, -0.1) is 0 Å². The third kappa shape index (κ3) is 4.29. The Hall–Kier alpha value is -0.430. The Labute approximate surface area is 91.0 Å². The lowest BCUT2D eigenvalue weighted by Crippen LogP contribution is -2.34. The fraction of sp³-hybridized carbons (Fsp3) is 0.857. The van der Waals surface area contributed by atoms with Gasteiger partial charge in [0.15, 0.2) is 6.61 Å². The van der Waals surface area contributed by atoms with Crippen molar-refractivity contribution in [3.63, 3.8) is 0 Å². The minimum Gasteiger partial charge on any atom is -0.458 e. The summed E-state index contributed by atoms with van der Waals surface area (Å²) in [5.41, 5.74) is -0.980. The molecule has 0 spiro atoms. The average molecular weight is 265 g/mol. The van der Waals surface area contributed by atoms with Gasteiger partial charge in [-0.25, -0.2) is 8.42 Å². The normalized spacial score (nSPS) is 13.7. The first-order valence-electron chi connectivity index (χ1n) is 3.87. The van der Waals surface area contributed by atoms with E-state index in [2.05, 4.69) is 15.4 Å². The number of esters is 1. The molecule has 0 unspecified atom stereocenters. The SMILES string of the molecule is CC(C)(C)C(=O)OCC(F)(F)S(=O)(=O)Cl. The van der Waals surface area contributed by atoms with Crippen LogP contribution >= 0.6 is 10.7 Å². The van der Waals surface area contributed by atoms with Crippen molar-refractivity contribution in [2.75, 3.05) is 6.61 Å². The van der Waals surface area contributed by atoms with Crippen molar-refractivity contribution >= 4 is 25.7 Å². The van der Waals surface area contributed by atoms with Crippen LogP contribution in [0.25, 0.3) is 0 Å². The molecule has 8 heteroatoms. The van der Waals surface area contributed by atoms with Gasteiger partial charge in [-0.2, -0.15) is 8.78 Å². The van der Waals surface area contributed by atoms with E-state index < -0.39 is 32.3 Å². The predicted molar refractivity (Wildman–Crippen MR) is 50.1 cm³/mol. The second-order valence-electron chi connectivity index (χ2n) is 3.90. The molecule has 0 atom stereocenters. The third-order valence-corrected chi connectivity index (χ3v) is 2.85. The van der Waals surface area contributed by atoms with Gasteiger partial charge >= 0.3 is 20.3 Å². The van der Waals surface area contributed by atoms with Crippen molar-refractivity contribution in [1.82, 2.24) is 0 Å². The summed E-state index contributed by atoms with van der Waals surface area (Å²) in [5.74, 6) is -0.928. The van der Waals surface area contributed by atoms with E-state index in [0.29, 0.717) is 0 Å². The van der Waals surface area contributed by atoms with Crippen LogP contribution in [0.1, 0.15) is 20.8 Å². The van der Waals surface area contributed by atoms with Crippen LogP contribution in [0.5, 0.6) is 0 Å². The van der Waals surface area contributed by atoms with Gasteiger partial charge in [0.1, 0.15) is 0 Å². The molecule has 15 heavy (non-hydrogen) atoms. The van der Waals surface area contributed by atoms with Crippen LogP contribution in [0.15, 0.2) is 0 Å². The molecule has 0 saturated heterocycles. The molecular formula is C7H11ClF2O4S. The number of hydrogen-bond acceptors (Lipinski definition) is 4. The lowest BCUT2D eigenvalue weighted by atomic mass is 9.97. The zero-order chi connectivity index (χ0) is 12.5. The van der Waals surface area contributed by atoms with Gasteiger partial charge in [0.2, 0.25) is 0 Å². The summed E-state index contributed by atoms with van der Waals surface area (Å²) in [4.78, 5) is 11.0. The molecule has 0 aromatic heterocycles. The summed E-state index contributed by atoms with van der Waals surface area (Å²) in [6, 6.07) is 0. The molecule has 0 rings (SSSR count). The number of alkyl halides is 2. The van der Waals surface area contributed by atoms with E-state index in [1.165, 1.54) is 20.8 Å². The molecule has 0 saturated carbocycles. The number of ether oxygens (including phenoxy) is 1. The highest BCUT2D eigenvalue weighted by molar-refractivity contribution is 8.14. The number of carbonyl (C=O) groups is 1. The van der Waals surface area contributed by atoms with Crippen LogP contribution in [0.4, 0.5) is 8.78 Å². The van der Waals surface area contributed by atoms with Gasteiger partial charge in [0.25, 0.3) is 0 Å². The molecule has 0 heterocycles. The van der Waals surface area contributed by atoms with Crippen molar-refractivity contribution in [3.8, 4) is 0 Å². The molecule has 0 aliphatic rings. The minimum atomic E-state index is -5.08. The average Bonchev–Trinajstić information content (AvgIpc) is 1.96. The molecular weight excluding hydrogens is 254 g/mol. The maximum absolute atomic E-state index is 12.7. The van der Waals surface area contributed by atoms with Crippen molar-refractivity contribution < 1.29 is 26.7 Å². The summed E-state index contributed by atoms with van der Waals surface area (Å²) in [7, 11) is -0.628. The Kier molecular flexibility index (Phi) is 4.09. The van der Waals surface area contributed by atoms with Gasteiger partial charge in [-0.1, -0.05) is 0 Å². The molecule has 90 valence electrons. The van der Waals surface area contributed by atoms with Gasteiger partial charge < -0.3 is 4.74 Å². The topological polar surface area (TPSA) is 60.4 Å². The van der Waals surface area contributed by atoms with Crippen molar-refractivity contribution in [2.45, 2.75) is 26.0 Å². The van der Waals surface area contributed by atoms with E-state index in [1.54, 1.807) is 0 Å². The number of hydrogen-bond donors (Lipinski definition) is 0. The Morgan fingerprint density at radius 1 is 1.33 bits per heavy atom. The monoisotopic (exact) mass is 264 g/mol. The lowest BCUT2D eigenvalue weighted by molar-refractivity contribution is -0.158. The minimum absolute atomic E-state index is 0.928. The summed E-state index contributed by atoms with van der Waals surface area (Å²) in [6.07, 6.45) is 0. The Bertz CT molecular complexity index is 344. The van der Waals surface area contributed by atoms with Crippen LogP contribution in [-0.2, 0) is 18.6 Å². The second-order valence-corrected chi connectivity index (χ2v) is 6.59. The maximum atomic E-state index is 12.7. The van der Waals surface area contributed by atoms with E-state index in [0.717, 1.165) is 0 Å². The van der Waals surface area contributed by atoms with E-state index in [-0.39, 0.29) is 0 Å². The number of halogens is 3. The molecule has 0 bridgehead atoms. The van der Waals surface area contributed by atoms with Gasteiger partial charge in [-0.05, 0) is 20.8 Å². The lowest BCUT2D eigenvalue weighted by Gasteiger charge is -2.19. The van der Waals surface area contributed by atoms with E-state index in [1.807, 2.05) is 0 Å². The predicted octanol–water partition coefficient (Wildman–Crippen LogP) is 1.74. The largest absolute Gasteiger partial charge is 0.458 e. The molecule has 0 radical (unpaired) electrons. The van der Waals surface area contributed by atoms with E-state index in [9.17, 15) is 22.0 Å². The fourth-order valence-corrected chi connectivity index (χ4v) is 0.770. The standard InChI is InChI=1S/C7H11ClF2O4S/c1-6(2,3)5(11)14-4-7(9,10)15(8,12)13/h4H2,1-3H3. The summed E-state index contributed by atoms with van der Waals surface area (Å²) < 4.78 is 50.2. The highest BCUT2D eigenvalue weighted by atomic mass is 35.7. The molecule has 0 fully saturated rings. The molecule has 0 aliphatic heterocycles.